The van der Waals surface area contributed by atoms with Gasteiger partial charge in [0, 0.05) is 18.3 Å². The van der Waals surface area contributed by atoms with Gasteiger partial charge >= 0.3 is 0 Å². The van der Waals surface area contributed by atoms with E-state index >= 15 is 0 Å². The van der Waals surface area contributed by atoms with Gasteiger partial charge in [-0.05, 0) is 0 Å². The zero-order valence-electron chi connectivity index (χ0n) is 9.92. The molecule has 19 heavy (non-hydrogen) atoms. The van der Waals surface area contributed by atoms with E-state index in [9.17, 15) is 0 Å². The fourth-order valence-corrected chi connectivity index (χ4v) is 2.30. The monoisotopic (exact) mass is 276 g/mol. The average Bonchev–Trinajstić information content (AvgIpc) is 3.08. The Balaban J connectivity index is 1.77. The number of nitrogens with one attached hydrogen (secondary N) is 3. The Hall–Kier alpha value is -2.26. The predicted molar refractivity (Wildman–Crippen MR) is 73.8 cm³/mol. The van der Waals surface area contributed by atoms with Crippen molar-refractivity contribution >= 4 is 34.1 Å². The van der Waals surface area contributed by atoms with E-state index in [1.165, 1.54) is 0 Å². The maximum atomic E-state index is 5.34. The first kappa shape index (κ1) is 11.8. The van der Waals surface area contributed by atoms with Crippen LogP contribution in [0.4, 0.5) is 11.8 Å². The van der Waals surface area contributed by atoms with Crippen LogP contribution >= 0.6 is 11.3 Å². The van der Waals surface area contributed by atoms with E-state index in [1.54, 1.807) is 17.5 Å². The number of hydrogen-bond acceptors (Lipinski definition) is 8. The summed E-state index contributed by atoms with van der Waals surface area (Å²) in [5.74, 6) is 6.38. The molecular formula is C10H12N8S. The molecule has 8 nitrogen and oxygen atoms in total. The molecule has 0 atom stereocenters. The number of nitrogens with zero attached hydrogens (tertiary/aromatic N) is 4. The van der Waals surface area contributed by atoms with E-state index in [2.05, 4.69) is 35.9 Å². The summed E-state index contributed by atoms with van der Waals surface area (Å²) in [5, 5.41) is 12.8. The van der Waals surface area contributed by atoms with Crippen molar-refractivity contribution in [2.24, 2.45) is 5.84 Å². The van der Waals surface area contributed by atoms with Gasteiger partial charge in [-0.25, -0.2) is 10.8 Å². The lowest BCUT2D eigenvalue weighted by Crippen LogP contribution is -2.13. The molecule has 0 saturated heterocycles. The lowest BCUT2D eigenvalue weighted by atomic mass is 10.3. The van der Waals surface area contributed by atoms with Crippen LogP contribution in [0.25, 0.3) is 11.0 Å². The number of fused-ring (bicyclic) bond motifs is 1. The van der Waals surface area contributed by atoms with E-state index < -0.39 is 0 Å². The second-order valence-electron chi connectivity index (χ2n) is 3.83. The first-order chi connectivity index (χ1) is 9.36. The Bertz CT molecular complexity index is 661. The third-order valence-corrected chi connectivity index (χ3v) is 3.23. The number of nitrogens with two attached hydrogens (primary N) is 1. The molecule has 0 fully saturated rings. The van der Waals surface area contributed by atoms with Gasteiger partial charge in [-0.15, -0.1) is 11.3 Å². The Kier molecular flexibility index (Phi) is 3.21. The number of aromatic amines is 1. The summed E-state index contributed by atoms with van der Waals surface area (Å²) in [7, 11) is 0. The van der Waals surface area contributed by atoms with Crippen molar-refractivity contribution in [2.75, 3.05) is 17.3 Å². The average molecular weight is 276 g/mol. The third kappa shape index (κ3) is 2.46. The molecule has 0 bridgehead atoms. The Morgan fingerprint density at radius 2 is 2.32 bits per heavy atom. The Morgan fingerprint density at radius 3 is 3.11 bits per heavy atom. The van der Waals surface area contributed by atoms with Crippen LogP contribution in [0, 0.1) is 0 Å². The fraction of sp³-hybridized carbons (Fsp3) is 0.200. The van der Waals surface area contributed by atoms with E-state index in [-0.39, 0.29) is 0 Å². The Labute approximate surface area is 112 Å². The molecule has 3 rings (SSSR count). The minimum absolute atomic E-state index is 0.341. The summed E-state index contributed by atoms with van der Waals surface area (Å²) in [6.45, 7) is 0.727. The SMILES string of the molecule is NNc1nc(NCCc2cscn2)c2cn[nH]c2n1. The van der Waals surface area contributed by atoms with Crippen LogP contribution in [0.1, 0.15) is 5.69 Å². The highest BCUT2D eigenvalue weighted by Gasteiger charge is 2.08. The summed E-state index contributed by atoms with van der Waals surface area (Å²) in [5.41, 5.74) is 5.96. The van der Waals surface area contributed by atoms with Gasteiger partial charge in [-0.3, -0.25) is 10.5 Å². The topological polar surface area (TPSA) is 117 Å². The molecule has 0 saturated carbocycles. The largest absolute Gasteiger partial charge is 0.369 e. The van der Waals surface area contributed by atoms with Crippen LogP contribution in [0.2, 0.25) is 0 Å². The van der Waals surface area contributed by atoms with Gasteiger partial charge < -0.3 is 5.32 Å². The molecule has 98 valence electrons. The molecule has 3 aromatic rings. The minimum atomic E-state index is 0.341. The third-order valence-electron chi connectivity index (χ3n) is 2.60. The second-order valence-corrected chi connectivity index (χ2v) is 4.55. The number of nitrogen functional groups attached to an aromatic ring is 1. The number of aromatic nitrogens is 5. The number of hydrazine groups is 1. The number of rotatable bonds is 5. The molecule has 0 aromatic carbocycles. The second kappa shape index (κ2) is 5.16. The molecule has 5 N–H and O–H groups in total. The minimum Gasteiger partial charge on any atom is -0.369 e. The van der Waals surface area contributed by atoms with Crippen LogP contribution in [-0.2, 0) is 6.42 Å². The van der Waals surface area contributed by atoms with Crippen molar-refractivity contribution in [2.45, 2.75) is 6.42 Å². The van der Waals surface area contributed by atoms with E-state index in [1.807, 2.05) is 10.9 Å². The summed E-state index contributed by atoms with van der Waals surface area (Å²) < 4.78 is 0. The van der Waals surface area contributed by atoms with E-state index in [4.69, 9.17) is 5.84 Å². The summed E-state index contributed by atoms with van der Waals surface area (Å²) >= 11 is 1.59. The van der Waals surface area contributed by atoms with E-state index in [0.717, 1.165) is 24.0 Å². The van der Waals surface area contributed by atoms with Gasteiger partial charge in [-0.2, -0.15) is 15.1 Å². The van der Waals surface area contributed by atoms with Crippen LogP contribution in [-0.4, -0.2) is 31.7 Å². The lowest BCUT2D eigenvalue weighted by Gasteiger charge is -2.07. The lowest BCUT2D eigenvalue weighted by molar-refractivity contribution is 0.968. The number of hydrogen-bond donors (Lipinski definition) is 4. The van der Waals surface area contributed by atoms with Crippen LogP contribution in [0.5, 0.6) is 0 Å². The zero-order chi connectivity index (χ0) is 13.1. The van der Waals surface area contributed by atoms with Gasteiger partial charge in [0.2, 0.25) is 5.95 Å². The maximum absolute atomic E-state index is 5.34. The molecule has 0 amide bonds. The van der Waals surface area contributed by atoms with Crippen LogP contribution in [0.3, 0.4) is 0 Å². The van der Waals surface area contributed by atoms with Gasteiger partial charge in [0.1, 0.15) is 5.82 Å². The highest BCUT2D eigenvalue weighted by atomic mass is 32.1. The molecule has 0 radical (unpaired) electrons. The molecule has 0 spiro atoms. The first-order valence-corrected chi connectivity index (χ1v) is 6.60. The number of anilines is 2. The highest BCUT2D eigenvalue weighted by molar-refractivity contribution is 7.07. The van der Waals surface area contributed by atoms with Gasteiger partial charge in [-0.1, -0.05) is 0 Å². The van der Waals surface area contributed by atoms with Gasteiger partial charge in [0.25, 0.3) is 0 Å². The first-order valence-electron chi connectivity index (χ1n) is 5.65. The molecule has 0 aliphatic rings. The smallest absolute Gasteiger partial charge is 0.241 e. The van der Waals surface area contributed by atoms with Gasteiger partial charge in [0.15, 0.2) is 5.65 Å². The normalized spacial score (nSPS) is 10.8. The molecule has 0 aliphatic carbocycles. The van der Waals surface area contributed by atoms with E-state index in [0.29, 0.717) is 17.4 Å². The van der Waals surface area contributed by atoms with Crippen molar-refractivity contribution in [1.82, 2.24) is 25.1 Å². The summed E-state index contributed by atoms with van der Waals surface area (Å²) in [6.07, 6.45) is 2.51. The van der Waals surface area contributed by atoms with Crippen LogP contribution < -0.4 is 16.6 Å². The zero-order valence-corrected chi connectivity index (χ0v) is 10.7. The van der Waals surface area contributed by atoms with Crippen molar-refractivity contribution in [1.29, 1.82) is 0 Å². The summed E-state index contributed by atoms with van der Waals surface area (Å²) in [4.78, 5) is 12.7. The van der Waals surface area contributed by atoms with Crippen molar-refractivity contribution in [3.63, 3.8) is 0 Å². The maximum Gasteiger partial charge on any atom is 0.241 e. The summed E-state index contributed by atoms with van der Waals surface area (Å²) in [6, 6.07) is 0. The molecule has 0 unspecified atom stereocenters. The molecule has 9 heteroatoms. The molecular weight excluding hydrogens is 264 g/mol. The predicted octanol–water partition coefficient (Wildman–Crippen LogP) is 0.750. The number of H-pyrrole nitrogens is 1. The van der Waals surface area contributed by atoms with Crippen LogP contribution in [0.15, 0.2) is 17.1 Å². The number of thiazole rings is 1. The standard InChI is InChI=1S/C10H12N8S/c11-17-10-15-8(7-3-14-18-9(7)16-10)12-2-1-6-4-19-5-13-6/h3-5H,1-2,11H2,(H3,12,14,15,16,17,18). The molecule has 3 heterocycles. The quantitative estimate of drug-likeness (QED) is 0.401. The molecule has 3 aromatic heterocycles. The van der Waals surface area contributed by atoms with Crippen molar-refractivity contribution in [3.8, 4) is 0 Å². The fourth-order valence-electron chi connectivity index (χ4n) is 1.70. The van der Waals surface area contributed by atoms with Crippen molar-refractivity contribution < 1.29 is 0 Å². The Morgan fingerprint density at radius 1 is 1.37 bits per heavy atom. The highest BCUT2D eigenvalue weighted by Crippen LogP contribution is 2.19. The van der Waals surface area contributed by atoms with Gasteiger partial charge in [0.05, 0.1) is 22.8 Å². The van der Waals surface area contributed by atoms with Crippen molar-refractivity contribution in [3.05, 3.63) is 22.8 Å². The molecule has 0 aliphatic heterocycles.